The van der Waals surface area contributed by atoms with Crippen LogP contribution in [-0.2, 0) is 16.0 Å². The summed E-state index contributed by atoms with van der Waals surface area (Å²) in [4.78, 5) is 28.4. The van der Waals surface area contributed by atoms with Crippen molar-refractivity contribution in [3.8, 4) is 11.6 Å². The molecule has 0 spiro atoms. The highest BCUT2D eigenvalue weighted by atomic mass is 16.6. The van der Waals surface area contributed by atoms with E-state index in [1.165, 1.54) is 20.4 Å². The predicted octanol–water partition coefficient (Wildman–Crippen LogP) is 2.77. The monoisotopic (exact) mass is 431 g/mol. The van der Waals surface area contributed by atoms with Gasteiger partial charge in [0, 0.05) is 35.3 Å². The number of alkyl carbamates (subject to hydrolysis) is 1. The molecule has 31 heavy (non-hydrogen) atoms. The Bertz CT molecular complexity index is 913. The van der Waals surface area contributed by atoms with E-state index in [1.54, 1.807) is 6.07 Å². The SMILES string of the molecule is COc1cc(CC(=O)Nc2cc([C@H]3CC[C@@H](OC(=O)NC(C)C)C3)[nH]n2)c(OC)cn1. The maximum Gasteiger partial charge on any atom is 0.407 e. The lowest BCUT2D eigenvalue weighted by molar-refractivity contribution is -0.115. The highest BCUT2D eigenvalue weighted by Crippen LogP contribution is 2.35. The fourth-order valence-electron chi connectivity index (χ4n) is 3.62. The molecule has 10 nitrogen and oxygen atoms in total. The number of carbonyl (C=O) groups is 2. The standard InChI is InChI=1S/C21H29N5O5/c1-12(2)23-21(28)31-15-6-5-13(7-15)16-10-18(26-25-16)24-19(27)8-14-9-20(30-4)22-11-17(14)29-3/h9-13,15H,5-8H2,1-4H3,(H,23,28)(H2,24,25,26,27)/t13-,15+/m0/s1. The van der Waals surface area contributed by atoms with Gasteiger partial charge in [0.05, 0.1) is 26.8 Å². The van der Waals surface area contributed by atoms with E-state index in [4.69, 9.17) is 14.2 Å². The normalized spacial score (nSPS) is 18.0. The van der Waals surface area contributed by atoms with E-state index >= 15 is 0 Å². The van der Waals surface area contributed by atoms with E-state index in [9.17, 15) is 9.59 Å². The zero-order chi connectivity index (χ0) is 22.4. The van der Waals surface area contributed by atoms with Crippen molar-refractivity contribution in [2.45, 2.75) is 57.6 Å². The lowest BCUT2D eigenvalue weighted by Crippen LogP contribution is -2.33. The van der Waals surface area contributed by atoms with E-state index in [2.05, 4.69) is 25.8 Å². The summed E-state index contributed by atoms with van der Waals surface area (Å²) in [6, 6.07) is 3.53. The number of H-pyrrole nitrogens is 1. The van der Waals surface area contributed by atoms with E-state index in [-0.39, 0.29) is 36.5 Å². The van der Waals surface area contributed by atoms with Gasteiger partial charge in [-0.25, -0.2) is 9.78 Å². The average molecular weight is 431 g/mol. The number of aromatic amines is 1. The van der Waals surface area contributed by atoms with Crippen LogP contribution in [0.15, 0.2) is 18.3 Å². The van der Waals surface area contributed by atoms with Crippen molar-refractivity contribution in [3.63, 3.8) is 0 Å². The first-order valence-corrected chi connectivity index (χ1v) is 10.3. The third-order valence-electron chi connectivity index (χ3n) is 5.07. The summed E-state index contributed by atoms with van der Waals surface area (Å²) >= 11 is 0. The molecule has 0 unspecified atom stereocenters. The van der Waals surface area contributed by atoms with Crippen molar-refractivity contribution in [2.24, 2.45) is 0 Å². The first kappa shape index (κ1) is 22.4. The molecular formula is C21H29N5O5. The number of carbonyl (C=O) groups excluding carboxylic acids is 2. The van der Waals surface area contributed by atoms with Gasteiger partial charge in [-0.1, -0.05) is 0 Å². The molecule has 3 N–H and O–H groups in total. The van der Waals surface area contributed by atoms with Gasteiger partial charge in [0.15, 0.2) is 5.82 Å². The van der Waals surface area contributed by atoms with Gasteiger partial charge < -0.3 is 24.8 Å². The molecule has 0 saturated heterocycles. The number of hydrogen-bond acceptors (Lipinski definition) is 7. The lowest BCUT2D eigenvalue weighted by Gasteiger charge is -2.14. The van der Waals surface area contributed by atoms with Gasteiger partial charge in [-0.15, -0.1) is 0 Å². The van der Waals surface area contributed by atoms with Crippen molar-refractivity contribution < 1.29 is 23.8 Å². The minimum Gasteiger partial charge on any atom is -0.495 e. The predicted molar refractivity (Wildman–Crippen MR) is 113 cm³/mol. The summed E-state index contributed by atoms with van der Waals surface area (Å²) in [6.45, 7) is 3.78. The van der Waals surface area contributed by atoms with Gasteiger partial charge >= 0.3 is 6.09 Å². The number of anilines is 1. The number of pyridine rings is 1. The minimum atomic E-state index is -0.388. The second-order valence-corrected chi connectivity index (χ2v) is 7.81. The molecule has 0 bridgehead atoms. The van der Waals surface area contributed by atoms with Gasteiger partial charge in [-0.05, 0) is 33.1 Å². The Kier molecular flexibility index (Phi) is 7.32. The summed E-state index contributed by atoms with van der Waals surface area (Å²) in [5.74, 6) is 1.33. The molecule has 3 rings (SSSR count). The second kappa shape index (κ2) is 10.1. The summed E-state index contributed by atoms with van der Waals surface area (Å²) in [5, 5.41) is 12.7. The fourth-order valence-corrected chi connectivity index (χ4v) is 3.62. The topological polar surface area (TPSA) is 127 Å². The van der Waals surface area contributed by atoms with Crippen LogP contribution in [0.4, 0.5) is 10.6 Å². The highest BCUT2D eigenvalue weighted by Gasteiger charge is 2.30. The van der Waals surface area contributed by atoms with Crippen LogP contribution in [0.3, 0.4) is 0 Å². The maximum atomic E-state index is 12.5. The zero-order valence-corrected chi connectivity index (χ0v) is 18.2. The Balaban J connectivity index is 1.54. The molecule has 2 heterocycles. The quantitative estimate of drug-likeness (QED) is 0.586. The summed E-state index contributed by atoms with van der Waals surface area (Å²) < 4.78 is 15.9. The summed E-state index contributed by atoms with van der Waals surface area (Å²) in [7, 11) is 3.04. The Morgan fingerprint density at radius 3 is 2.74 bits per heavy atom. The number of aromatic nitrogens is 3. The first-order valence-electron chi connectivity index (χ1n) is 10.3. The third-order valence-corrected chi connectivity index (χ3v) is 5.07. The third kappa shape index (κ3) is 6.09. The molecule has 2 atom stereocenters. The molecule has 0 aromatic carbocycles. The Morgan fingerprint density at radius 1 is 1.23 bits per heavy atom. The van der Waals surface area contributed by atoms with Crippen LogP contribution in [0.5, 0.6) is 11.6 Å². The van der Waals surface area contributed by atoms with Crippen molar-refractivity contribution >= 4 is 17.8 Å². The van der Waals surface area contributed by atoms with Crippen LogP contribution in [0.2, 0.25) is 0 Å². The first-order chi connectivity index (χ1) is 14.9. The largest absolute Gasteiger partial charge is 0.495 e. The van der Waals surface area contributed by atoms with Gasteiger partial charge in [0.1, 0.15) is 11.9 Å². The molecule has 1 saturated carbocycles. The van der Waals surface area contributed by atoms with Crippen LogP contribution in [-0.4, -0.2) is 53.5 Å². The van der Waals surface area contributed by atoms with Gasteiger partial charge in [0.2, 0.25) is 11.8 Å². The summed E-state index contributed by atoms with van der Waals surface area (Å²) in [6.07, 6.45) is 3.49. The average Bonchev–Trinajstić information content (AvgIpc) is 3.36. The smallest absolute Gasteiger partial charge is 0.407 e. The molecule has 1 fully saturated rings. The van der Waals surface area contributed by atoms with Crippen molar-refractivity contribution in [1.29, 1.82) is 0 Å². The van der Waals surface area contributed by atoms with Crippen LogP contribution in [0.25, 0.3) is 0 Å². The Hall–Kier alpha value is -3.30. The van der Waals surface area contributed by atoms with E-state index in [0.717, 1.165) is 25.0 Å². The molecule has 2 aromatic heterocycles. The van der Waals surface area contributed by atoms with Gasteiger partial charge in [-0.2, -0.15) is 5.10 Å². The van der Waals surface area contributed by atoms with E-state index < -0.39 is 0 Å². The van der Waals surface area contributed by atoms with Crippen molar-refractivity contribution in [3.05, 3.63) is 29.6 Å². The minimum absolute atomic E-state index is 0.0386. The lowest BCUT2D eigenvalue weighted by atomic mass is 10.0. The Morgan fingerprint density at radius 2 is 2.03 bits per heavy atom. The molecule has 1 aliphatic rings. The number of rotatable bonds is 8. The molecule has 1 aliphatic carbocycles. The molecule has 0 aliphatic heterocycles. The maximum absolute atomic E-state index is 12.5. The number of ether oxygens (including phenoxy) is 3. The van der Waals surface area contributed by atoms with Gasteiger partial charge in [0.25, 0.3) is 0 Å². The molecule has 168 valence electrons. The molecule has 10 heteroatoms. The highest BCUT2D eigenvalue weighted by molar-refractivity contribution is 5.91. The van der Waals surface area contributed by atoms with Crippen LogP contribution in [0, 0.1) is 0 Å². The van der Waals surface area contributed by atoms with E-state index in [0.29, 0.717) is 23.0 Å². The molecule has 2 aromatic rings. The molecular weight excluding hydrogens is 402 g/mol. The molecule has 0 radical (unpaired) electrons. The zero-order valence-electron chi connectivity index (χ0n) is 18.2. The van der Waals surface area contributed by atoms with Crippen molar-refractivity contribution in [1.82, 2.24) is 20.5 Å². The second-order valence-electron chi connectivity index (χ2n) is 7.81. The van der Waals surface area contributed by atoms with Gasteiger partial charge in [-0.3, -0.25) is 9.89 Å². The summed E-state index contributed by atoms with van der Waals surface area (Å²) in [5.41, 5.74) is 1.58. The van der Waals surface area contributed by atoms with Crippen LogP contribution >= 0.6 is 0 Å². The van der Waals surface area contributed by atoms with E-state index in [1.807, 2.05) is 19.9 Å². The number of methoxy groups -OCH3 is 2. The Labute approximate surface area is 181 Å². The number of nitrogens with zero attached hydrogens (tertiary/aromatic N) is 2. The van der Waals surface area contributed by atoms with Crippen molar-refractivity contribution in [2.75, 3.05) is 19.5 Å². The van der Waals surface area contributed by atoms with Crippen LogP contribution < -0.4 is 20.1 Å². The number of nitrogens with one attached hydrogen (secondary N) is 3. The fraction of sp³-hybridized carbons (Fsp3) is 0.524. The number of amides is 2. The molecule has 2 amide bonds. The van der Waals surface area contributed by atoms with Crippen LogP contribution in [0.1, 0.15) is 50.3 Å². The number of hydrogen-bond donors (Lipinski definition) is 3.